The molecule has 3 nitrogen and oxygen atoms in total. The van der Waals surface area contributed by atoms with E-state index in [4.69, 9.17) is 5.26 Å². The smallest absolute Gasteiger partial charge is 0.201 e. The first kappa shape index (κ1) is 9.71. The average Bonchev–Trinajstić information content (AvgIpc) is 2.36. The minimum atomic E-state index is -3.36. The highest BCUT2D eigenvalue weighted by Gasteiger charge is 2.15. The van der Waals surface area contributed by atoms with Gasteiger partial charge in [0, 0.05) is 0 Å². The summed E-state index contributed by atoms with van der Waals surface area (Å²) in [5.41, 5.74) is 0. The quantitative estimate of drug-likeness (QED) is 0.820. The van der Waals surface area contributed by atoms with E-state index in [1.807, 2.05) is 0 Å². The molecule has 1 heterocycles. The van der Waals surface area contributed by atoms with Crippen molar-refractivity contribution >= 4 is 37.1 Å². The fraction of sp³-hybridized carbons (Fsp3) is 0.167. The van der Waals surface area contributed by atoms with Gasteiger partial charge in [0.25, 0.3) is 0 Å². The van der Waals surface area contributed by atoms with Crippen LogP contribution in [0.25, 0.3) is 0 Å². The molecule has 0 aliphatic rings. The van der Waals surface area contributed by atoms with Crippen LogP contribution >= 0.6 is 27.3 Å². The number of nitriles is 1. The van der Waals surface area contributed by atoms with Crippen molar-refractivity contribution in [1.29, 1.82) is 5.26 Å². The summed E-state index contributed by atoms with van der Waals surface area (Å²) >= 11 is 4.26. The second-order valence-corrected chi connectivity index (χ2v) is 6.66. The zero-order chi connectivity index (χ0) is 9.19. The Morgan fingerprint density at radius 1 is 1.58 bits per heavy atom. The van der Waals surface area contributed by atoms with Crippen LogP contribution < -0.4 is 0 Å². The van der Waals surface area contributed by atoms with Crippen molar-refractivity contribution < 1.29 is 8.42 Å². The lowest BCUT2D eigenvalue weighted by Gasteiger charge is -1.91. The molecule has 12 heavy (non-hydrogen) atoms. The third-order valence-corrected chi connectivity index (χ3v) is 4.80. The summed E-state index contributed by atoms with van der Waals surface area (Å²) in [5.74, 6) is -0.458. The zero-order valence-electron chi connectivity index (χ0n) is 5.82. The Balaban J connectivity index is 3.08. The second-order valence-electron chi connectivity index (χ2n) is 1.98. The van der Waals surface area contributed by atoms with Gasteiger partial charge in [-0.15, -0.1) is 11.3 Å². The summed E-state index contributed by atoms with van der Waals surface area (Å²) in [7, 11) is -3.36. The van der Waals surface area contributed by atoms with Crippen LogP contribution in [0.3, 0.4) is 0 Å². The largest absolute Gasteiger partial charge is 0.222 e. The third kappa shape index (κ3) is 2.06. The van der Waals surface area contributed by atoms with E-state index < -0.39 is 15.6 Å². The summed E-state index contributed by atoms with van der Waals surface area (Å²) in [5, 5.41) is 8.23. The molecule has 0 atom stereocenters. The van der Waals surface area contributed by atoms with Gasteiger partial charge in [-0.25, -0.2) is 8.42 Å². The van der Waals surface area contributed by atoms with Crippen molar-refractivity contribution in [2.24, 2.45) is 0 Å². The molecule has 1 aromatic rings. The van der Waals surface area contributed by atoms with Crippen molar-refractivity contribution in [2.75, 3.05) is 5.75 Å². The van der Waals surface area contributed by atoms with Crippen molar-refractivity contribution in [3.63, 3.8) is 0 Å². The Labute approximate surface area is 82.7 Å². The fourth-order valence-corrected chi connectivity index (χ4v) is 3.60. The van der Waals surface area contributed by atoms with Crippen molar-refractivity contribution in [3.05, 3.63) is 15.9 Å². The van der Waals surface area contributed by atoms with E-state index in [2.05, 4.69) is 15.9 Å². The number of rotatable bonds is 2. The van der Waals surface area contributed by atoms with E-state index in [0.717, 1.165) is 15.1 Å². The topological polar surface area (TPSA) is 57.9 Å². The van der Waals surface area contributed by atoms with Crippen LogP contribution in [0, 0.1) is 11.3 Å². The highest BCUT2D eigenvalue weighted by atomic mass is 79.9. The Bertz CT molecular complexity index is 415. The normalized spacial score (nSPS) is 11.0. The molecule has 0 spiro atoms. The number of hydrogen-bond donors (Lipinski definition) is 0. The number of nitrogens with zero attached hydrogens (tertiary/aromatic N) is 1. The minimum absolute atomic E-state index is 0.232. The van der Waals surface area contributed by atoms with Gasteiger partial charge in [-0.05, 0) is 28.1 Å². The highest BCUT2D eigenvalue weighted by Crippen LogP contribution is 2.26. The van der Waals surface area contributed by atoms with Crippen molar-refractivity contribution in [2.45, 2.75) is 4.21 Å². The maximum atomic E-state index is 11.2. The van der Waals surface area contributed by atoms with Gasteiger partial charge < -0.3 is 0 Å². The molecular formula is C6H4BrNO2S2. The van der Waals surface area contributed by atoms with E-state index in [1.165, 1.54) is 6.07 Å². The molecule has 64 valence electrons. The molecule has 6 heteroatoms. The lowest BCUT2D eigenvalue weighted by atomic mass is 10.7. The van der Waals surface area contributed by atoms with Gasteiger partial charge in [-0.1, -0.05) is 0 Å². The molecular weight excluding hydrogens is 262 g/mol. The predicted octanol–water partition coefficient (Wildman–Crippen LogP) is 1.81. The van der Waals surface area contributed by atoms with Gasteiger partial charge in [0.05, 0.1) is 9.86 Å². The first-order valence-electron chi connectivity index (χ1n) is 2.91. The number of halogens is 1. The molecule has 0 amide bonds. The molecule has 0 aliphatic heterocycles. The van der Waals surface area contributed by atoms with Crippen LogP contribution in [-0.2, 0) is 9.84 Å². The van der Waals surface area contributed by atoms with Crippen LogP contribution in [0.15, 0.2) is 20.1 Å². The van der Waals surface area contributed by atoms with Crippen molar-refractivity contribution in [1.82, 2.24) is 0 Å². The van der Waals surface area contributed by atoms with E-state index in [0.29, 0.717) is 0 Å². The first-order chi connectivity index (χ1) is 5.56. The molecule has 1 aromatic heterocycles. The molecule has 0 bridgehead atoms. The SMILES string of the molecule is N#CCS(=O)(=O)c1ccc(Br)s1. The third-order valence-electron chi connectivity index (χ3n) is 1.11. The van der Waals surface area contributed by atoms with Gasteiger partial charge in [-0.3, -0.25) is 0 Å². The number of sulfone groups is 1. The molecule has 0 saturated carbocycles. The minimum Gasteiger partial charge on any atom is -0.222 e. The van der Waals surface area contributed by atoms with Gasteiger partial charge >= 0.3 is 0 Å². The van der Waals surface area contributed by atoms with Crippen LogP contribution in [0.1, 0.15) is 0 Å². The van der Waals surface area contributed by atoms with Crippen LogP contribution in [0.4, 0.5) is 0 Å². The van der Waals surface area contributed by atoms with Gasteiger partial charge in [0.1, 0.15) is 9.96 Å². The second kappa shape index (κ2) is 3.56. The number of thiophene rings is 1. The van der Waals surface area contributed by atoms with Crippen LogP contribution in [0.5, 0.6) is 0 Å². The van der Waals surface area contributed by atoms with E-state index in [1.54, 1.807) is 12.1 Å². The molecule has 0 fully saturated rings. The maximum Gasteiger partial charge on any atom is 0.201 e. The lowest BCUT2D eigenvalue weighted by molar-refractivity contribution is 0.601. The molecule has 0 radical (unpaired) electrons. The van der Waals surface area contributed by atoms with E-state index in [9.17, 15) is 8.42 Å². The molecule has 0 N–H and O–H groups in total. The standard InChI is InChI=1S/C6H4BrNO2S2/c7-5-1-2-6(11-5)12(9,10)4-3-8/h1-2H,4H2. The Kier molecular flexibility index (Phi) is 2.88. The predicted molar refractivity (Wildman–Crippen MR) is 49.7 cm³/mol. The molecule has 0 aromatic carbocycles. The summed E-state index contributed by atoms with van der Waals surface area (Å²) in [6.45, 7) is 0. The van der Waals surface area contributed by atoms with Gasteiger partial charge in [-0.2, -0.15) is 5.26 Å². The molecule has 0 saturated heterocycles. The van der Waals surface area contributed by atoms with Crippen molar-refractivity contribution in [3.8, 4) is 6.07 Å². The maximum absolute atomic E-state index is 11.2. The van der Waals surface area contributed by atoms with E-state index >= 15 is 0 Å². The summed E-state index contributed by atoms with van der Waals surface area (Å²) in [4.78, 5) is 0. The fourth-order valence-electron chi connectivity index (χ4n) is 0.621. The monoisotopic (exact) mass is 265 g/mol. The Morgan fingerprint density at radius 3 is 2.67 bits per heavy atom. The van der Waals surface area contributed by atoms with Crippen LogP contribution in [0.2, 0.25) is 0 Å². The Hall–Kier alpha value is -0.380. The Morgan fingerprint density at radius 2 is 2.25 bits per heavy atom. The van der Waals surface area contributed by atoms with Gasteiger partial charge in [0.15, 0.2) is 0 Å². The summed E-state index contributed by atoms with van der Waals surface area (Å²) in [6, 6.07) is 4.75. The molecule has 0 aliphatic carbocycles. The molecule has 0 unspecified atom stereocenters. The average molecular weight is 266 g/mol. The highest BCUT2D eigenvalue weighted by molar-refractivity contribution is 9.11. The summed E-state index contributed by atoms with van der Waals surface area (Å²) in [6.07, 6.45) is 0. The number of hydrogen-bond acceptors (Lipinski definition) is 4. The molecule has 1 rings (SSSR count). The van der Waals surface area contributed by atoms with E-state index in [-0.39, 0.29) is 4.21 Å². The zero-order valence-corrected chi connectivity index (χ0v) is 9.04. The van der Waals surface area contributed by atoms with Crippen LogP contribution in [-0.4, -0.2) is 14.2 Å². The first-order valence-corrected chi connectivity index (χ1v) is 6.17. The van der Waals surface area contributed by atoms with Gasteiger partial charge in [0.2, 0.25) is 9.84 Å². The lowest BCUT2D eigenvalue weighted by Crippen LogP contribution is -2.01. The summed E-state index contributed by atoms with van der Waals surface area (Å²) < 4.78 is 23.4.